The number of hydrogen-bond donors (Lipinski definition) is 1. The topological polar surface area (TPSA) is 63.4 Å². The van der Waals surface area contributed by atoms with E-state index in [1.807, 2.05) is 13.8 Å². The number of nitrogens with zero attached hydrogens (tertiary/aromatic N) is 2. The minimum Gasteiger partial charge on any atom is -0.392 e. The Labute approximate surface area is 59.6 Å². The standard InChI is InChI=1S/C5H12N2O3/c1-5(2)3-9-4-10-7-6-8/h5H,3-4H2,1-2H3,(H,7,8). The summed E-state index contributed by atoms with van der Waals surface area (Å²) in [6, 6.07) is 0. The fraction of sp³-hybridized carbons (Fsp3) is 1.00. The van der Waals surface area contributed by atoms with Gasteiger partial charge in [0.15, 0.2) is 0 Å². The van der Waals surface area contributed by atoms with E-state index in [-0.39, 0.29) is 6.79 Å². The van der Waals surface area contributed by atoms with Crippen LogP contribution in [0.3, 0.4) is 0 Å². The van der Waals surface area contributed by atoms with Gasteiger partial charge in [-0.25, -0.2) is 0 Å². The van der Waals surface area contributed by atoms with E-state index in [0.29, 0.717) is 12.5 Å². The molecule has 60 valence electrons. The fourth-order valence-corrected chi connectivity index (χ4v) is 0.370. The Kier molecular flexibility index (Phi) is 5.75. The minimum atomic E-state index is 0.0300. The first-order valence-corrected chi connectivity index (χ1v) is 3.01. The van der Waals surface area contributed by atoms with E-state index in [0.717, 1.165) is 0 Å². The van der Waals surface area contributed by atoms with Gasteiger partial charge in [-0.1, -0.05) is 13.8 Å². The van der Waals surface area contributed by atoms with Crippen LogP contribution in [0.25, 0.3) is 0 Å². The highest BCUT2D eigenvalue weighted by Gasteiger charge is 1.91. The normalized spacial score (nSPS) is 11.1. The van der Waals surface area contributed by atoms with E-state index in [1.165, 1.54) is 0 Å². The van der Waals surface area contributed by atoms with E-state index in [1.54, 1.807) is 0 Å². The molecule has 0 saturated carbocycles. The van der Waals surface area contributed by atoms with Crippen molar-refractivity contribution in [3.8, 4) is 0 Å². The van der Waals surface area contributed by atoms with Crippen LogP contribution in [-0.4, -0.2) is 18.6 Å². The second kappa shape index (κ2) is 6.28. The minimum absolute atomic E-state index is 0.0300. The van der Waals surface area contributed by atoms with Crippen molar-refractivity contribution in [3.05, 3.63) is 0 Å². The molecule has 0 fully saturated rings. The van der Waals surface area contributed by atoms with Crippen molar-refractivity contribution in [3.63, 3.8) is 0 Å². The number of ether oxygens (including phenoxy) is 1. The van der Waals surface area contributed by atoms with Gasteiger partial charge in [-0.15, -0.1) is 0 Å². The van der Waals surface area contributed by atoms with E-state index in [2.05, 4.69) is 15.4 Å². The molecule has 0 atom stereocenters. The van der Waals surface area contributed by atoms with Gasteiger partial charge in [0, 0.05) is 0 Å². The Hall–Kier alpha value is -0.840. The van der Waals surface area contributed by atoms with Gasteiger partial charge >= 0.3 is 0 Å². The fourth-order valence-electron chi connectivity index (χ4n) is 0.370. The predicted octanol–water partition coefficient (Wildman–Crippen LogP) is 1.39. The van der Waals surface area contributed by atoms with Crippen LogP contribution >= 0.6 is 0 Å². The molecule has 0 bridgehead atoms. The van der Waals surface area contributed by atoms with Crippen molar-refractivity contribution in [2.75, 3.05) is 13.4 Å². The maximum Gasteiger partial charge on any atom is 0.218 e. The lowest BCUT2D eigenvalue weighted by Gasteiger charge is -2.03. The highest BCUT2D eigenvalue weighted by atomic mass is 16.8. The number of hydrogen-bond acceptors (Lipinski definition) is 4. The molecule has 0 heterocycles. The Morgan fingerprint density at radius 1 is 1.50 bits per heavy atom. The molecule has 0 saturated heterocycles. The quantitative estimate of drug-likeness (QED) is 0.277. The van der Waals surface area contributed by atoms with Crippen molar-refractivity contribution >= 4 is 0 Å². The van der Waals surface area contributed by atoms with Gasteiger partial charge in [0.05, 0.1) is 17.2 Å². The lowest BCUT2D eigenvalue weighted by Crippen LogP contribution is -2.03. The first-order chi connectivity index (χ1) is 4.77. The van der Waals surface area contributed by atoms with Crippen molar-refractivity contribution in [1.29, 1.82) is 0 Å². The van der Waals surface area contributed by atoms with Crippen LogP contribution in [0.1, 0.15) is 13.8 Å². The average Bonchev–Trinajstić information content (AvgIpc) is 1.87. The Morgan fingerprint density at radius 2 is 2.20 bits per heavy atom. The molecule has 0 aliphatic heterocycles. The lowest BCUT2D eigenvalue weighted by molar-refractivity contribution is -0.0760. The SMILES string of the molecule is CC(C)COCON=NO. The summed E-state index contributed by atoms with van der Waals surface area (Å²) in [6.45, 7) is 4.68. The summed E-state index contributed by atoms with van der Waals surface area (Å²) in [7, 11) is 0. The van der Waals surface area contributed by atoms with E-state index in [4.69, 9.17) is 9.94 Å². The summed E-state index contributed by atoms with van der Waals surface area (Å²) in [5, 5.41) is 13.0. The molecule has 0 aliphatic carbocycles. The summed E-state index contributed by atoms with van der Waals surface area (Å²) >= 11 is 0. The molecule has 0 unspecified atom stereocenters. The average molecular weight is 148 g/mol. The van der Waals surface area contributed by atoms with Gasteiger partial charge in [-0.2, -0.15) is 0 Å². The molecule has 1 N–H and O–H groups in total. The second-order valence-electron chi connectivity index (χ2n) is 2.18. The molecule has 0 aromatic heterocycles. The van der Waals surface area contributed by atoms with Gasteiger partial charge in [0.1, 0.15) is 0 Å². The van der Waals surface area contributed by atoms with Crippen LogP contribution in [-0.2, 0) is 9.57 Å². The summed E-state index contributed by atoms with van der Waals surface area (Å²) in [6.07, 6.45) is 0. The third-order valence-corrected chi connectivity index (χ3v) is 0.681. The third-order valence-electron chi connectivity index (χ3n) is 0.681. The Bertz CT molecular complexity index is 94.9. The first-order valence-electron chi connectivity index (χ1n) is 3.01. The van der Waals surface area contributed by atoms with Crippen molar-refractivity contribution in [2.45, 2.75) is 13.8 Å². The molecule has 0 radical (unpaired) electrons. The maximum absolute atomic E-state index is 7.75. The zero-order chi connectivity index (χ0) is 7.82. The van der Waals surface area contributed by atoms with Crippen molar-refractivity contribution in [1.82, 2.24) is 0 Å². The largest absolute Gasteiger partial charge is 0.392 e. The third kappa shape index (κ3) is 7.16. The zero-order valence-corrected chi connectivity index (χ0v) is 6.15. The second-order valence-corrected chi connectivity index (χ2v) is 2.18. The molecule has 0 amide bonds. The maximum atomic E-state index is 7.75. The van der Waals surface area contributed by atoms with Crippen LogP contribution in [0.4, 0.5) is 0 Å². The van der Waals surface area contributed by atoms with Crippen LogP contribution in [0, 0.1) is 5.92 Å². The summed E-state index contributed by atoms with van der Waals surface area (Å²) < 4.78 is 4.91. The Balaban J connectivity index is 2.91. The van der Waals surface area contributed by atoms with Gasteiger partial charge in [0.2, 0.25) is 6.79 Å². The van der Waals surface area contributed by atoms with Gasteiger partial charge in [0.25, 0.3) is 0 Å². The molecular formula is C5H12N2O3. The molecule has 0 aromatic carbocycles. The zero-order valence-electron chi connectivity index (χ0n) is 6.15. The van der Waals surface area contributed by atoms with Gasteiger partial charge < -0.3 is 14.8 Å². The molecule has 0 rings (SSSR count). The van der Waals surface area contributed by atoms with Crippen LogP contribution in [0.2, 0.25) is 0 Å². The monoisotopic (exact) mass is 148 g/mol. The van der Waals surface area contributed by atoms with Crippen LogP contribution < -0.4 is 0 Å². The molecule has 0 spiro atoms. The molecule has 5 nitrogen and oxygen atoms in total. The van der Waals surface area contributed by atoms with E-state index < -0.39 is 0 Å². The molecule has 10 heavy (non-hydrogen) atoms. The summed E-state index contributed by atoms with van der Waals surface area (Å²) in [5.74, 6) is 0.467. The van der Waals surface area contributed by atoms with E-state index in [9.17, 15) is 0 Å². The van der Waals surface area contributed by atoms with Gasteiger partial charge in [-0.3, -0.25) is 0 Å². The van der Waals surface area contributed by atoms with Crippen molar-refractivity contribution in [2.24, 2.45) is 16.5 Å². The van der Waals surface area contributed by atoms with Crippen LogP contribution in [0.5, 0.6) is 0 Å². The smallest absolute Gasteiger partial charge is 0.218 e. The Morgan fingerprint density at radius 3 is 2.70 bits per heavy atom. The van der Waals surface area contributed by atoms with Crippen LogP contribution in [0.15, 0.2) is 10.6 Å². The first kappa shape index (κ1) is 9.16. The highest BCUT2D eigenvalue weighted by Crippen LogP contribution is 1.91. The summed E-state index contributed by atoms with van der Waals surface area (Å²) in [5.41, 5.74) is 0. The molecule has 0 aromatic rings. The van der Waals surface area contributed by atoms with Crippen molar-refractivity contribution < 1.29 is 14.8 Å². The lowest BCUT2D eigenvalue weighted by atomic mass is 10.2. The predicted molar refractivity (Wildman–Crippen MR) is 33.4 cm³/mol. The number of rotatable bonds is 5. The molecule has 5 heteroatoms. The van der Waals surface area contributed by atoms with Gasteiger partial charge in [-0.05, 0) is 5.92 Å². The molecular weight excluding hydrogens is 136 g/mol. The van der Waals surface area contributed by atoms with E-state index >= 15 is 0 Å². The highest BCUT2D eigenvalue weighted by molar-refractivity contribution is 4.36. The molecule has 0 aliphatic rings. The summed E-state index contributed by atoms with van der Waals surface area (Å²) in [4.78, 5) is 4.32.